The Morgan fingerprint density at radius 2 is 2.00 bits per heavy atom. The molecule has 5 nitrogen and oxygen atoms in total. The fourth-order valence-corrected chi connectivity index (χ4v) is 2.39. The third kappa shape index (κ3) is 4.35. The van der Waals surface area contributed by atoms with E-state index in [0.29, 0.717) is 12.6 Å². The Bertz CT molecular complexity index is 391. The summed E-state index contributed by atoms with van der Waals surface area (Å²) >= 11 is 0. The van der Waals surface area contributed by atoms with Crippen molar-refractivity contribution in [3.8, 4) is 0 Å². The maximum atomic E-state index is 5.13. The van der Waals surface area contributed by atoms with Crippen LogP contribution in [-0.2, 0) is 11.3 Å². The van der Waals surface area contributed by atoms with Crippen LogP contribution in [0.4, 0.5) is 11.6 Å². The van der Waals surface area contributed by atoms with E-state index in [1.807, 2.05) is 6.07 Å². The zero-order valence-electron chi connectivity index (χ0n) is 11.9. The van der Waals surface area contributed by atoms with Crippen molar-refractivity contribution in [3.63, 3.8) is 0 Å². The largest absolute Gasteiger partial charge is 0.377 e. The van der Waals surface area contributed by atoms with Gasteiger partial charge in [0.15, 0.2) is 5.82 Å². The molecule has 0 radical (unpaired) electrons. The smallest absolute Gasteiger partial charge is 0.158 e. The average Bonchev–Trinajstić information content (AvgIpc) is 2.89. The molecule has 0 aromatic carbocycles. The summed E-state index contributed by atoms with van der Waals surface area (Å²) in [6, 6.07) is 2.55. The monoisotopic (exact) mass is 264 g/mol. The highest BCUT2D eigenvalue weighted by Gasteiger charge is 2.15. The second-order valence-electron chi connectivity index (χ2n) is 5.04. The Kier molecular flexibility index (Phi) is 5.39. The van der Waals surface area contributed by atoms with Gasteiger partial charge in [-0.05, 0) is 19.3 Å². The maximum Gasteiger partial charge on any atom is 0.158 e. The normalized spacial score (nSPS) is 15.7. The lowest BCUT2D eigenvalue weighted by Crippen LogP contribution is -2.17. The second kappa shape index (κ2) is 7.28. The van der Waals surface area contributed by atoms with Gasteiger partial charge in [0.25, 0.3) is 0 Å². The number of rotatable bonds is 7. The van der Waals surface area contributed by atoms with Crippen molar-refractivity contribution in [2.75, 3.05) is 24.3 Å². The van der Waals surface area contributed by atoms with Crippen molar-refractivity contribution < 1.29 is 4.74 Å². The van der Waals surface area contributed by atoms with Crippen LogP contribution in [0.5, 0.6) is 0 Å². The summed E-state index contributed by atoms with van der Waals surface area (Å²) in [5.74, 6) is 2.51. The summed E-state index contributed by atoms with van der Waals surface area (Å²) < 4.78 is 5.13. The van der Waals surface area contributed by atoms with Gasteiger partial charge in [-0.25, -0.2) is 9.97 Å². The van der Waals surface area contributed by atoms with Gasteiger partial charge in [0.05, 0.1) is 0 Å². The number of anilines is 2. The molecule has 0 aliphatic heterocycles. The number of aromatic nitrogens is 2. The molecule has 0 bridgehead atoms. The highest BCUT2D eigenvalue weighted by Crippen LogP contribution is 2.22. The van der Waals surface area contributed by atoms with Crippen LogP contribution < -0.4 is 10.6 Å². The van der Waals surface area contributed by atoms with Gasteiger partial charge in [-0.1, -0.05) is 19.8 Å². The van der Waals surface area contributed by atoms with Crippen molar-refractivity contribution in [2.24, 2.45) is 0 Å². The molecular weight excluding hydrogens is 240 g/mol. The number of hydrogen-bond acceptors (Lipinski definition) is 5. The van der Waals surface area contributed by atoms with Crippen LogP contribution in [0.1, 0.15) is 44.9 Å². The van der Waals surface area contributed by atoms with Crippen molar-refractivity contribution in [3.05, 3.63) is 11.9 Å². The molecule has 1 aliphatic carbocycles. The minimum absolute atomic E-state index is 0.445. The maximum absolute atomic E-state index is 5.13. The standard InChI is InChI=1S/C14H24N4O/c1-3-8-15-12-9-13(16-11-6-4-5-7-11)18-14(17-12)10-19-2/h9,11H,3-8,10H2,1-2H3,(H2,15,16,17,18). The van der Waals surface area contributed by atoms with Gasteiger partial charge >= 0.3 is 0 Å². The zero-order chi connectivity index (χ0) is 13.5. The van der Waals surface area contributed by atoms with E-state index in [9.17, 15) is 0 Å². The van der Waals surface area contributed by atoms with Gasteiger partial charge < -0.3 is 15.4 Å². The predicted molar refractivity (Wildman–Crippen MR) is 77.4 cm³/mol. The molecule has 19 heavy (non-hydrogen) atoms. The first kappa shape index (κ1) is 14.1. The Morgan fingerprint density at radius 3 is 2.68 bits per heavy atom. The molecule has 5 heteroatoms. The van der Waals surface area contributed by atoms with Crippen LogP contribution >= 0.6 is 0 Å². The lowest BCUT2D eigenvalue weighted by molar-refractivity contribution is 0.178. The summed E-state index contributed by atoms with van der Waals surface area (Å²) in [5.41, 5.74) is 0. The van der Waals surface area contributed by atoms with Gasteiger partial charge in [0.2, 0.25) is 0 Å². The molecule has 0 saturated heterocycles. The van der Waals surface area contributed by atoms with Gasteiger partial charge in [0, 0.05) is 25.8 Å². The molecule has 1 aliphatic rings. The minimum Gasteiger partial charge on any atom is -0.377 e. The molecule has 1 aromatic rings. The summed E-state index contributed by atoms with van der Waals surface area (Å²) in [7, 11) is 1.67. The molecule has 0 unspecified atom stereocenters. The van der Waals surface area contributed by atoms with Gasteiger partial charge in [-0.2, -0.15) is 0 Å². The molecule has 1 fully saturated rings. The lowest BCUT2D eigenvalue weighted by atomic mass is 10.2. The number of hydrogen-bond donors (Lipinski definition) is 2. The number of nitrogens with zero attached hydrogens (tertiary/aromatic N) is 2. The van der Waals surface area contributed by atoms with E-state index < -0.39 is 0 Å². The fourth-order valence-electron chi connectivity index (χ4n) is 2.39. The zero-order valence-corrected chi connectivity index (χ0v) is 11.9. The van der Waals surface area contributed by atoms with E-state index in [4.69, 9.17) is 4.74 Å². The number of nitrogens with one attached hydrogen (secondary N) is 2. The van der Waals surface area contributed by atoms with Crippen LogP contribution in [0.2, 0.25) is 0 Å². The molecular formula is C14H24N4O. The molecule has 106 valence electrons. The van der Waals surface area contributed by atoms with E-state index in [1.54, 1.807) is 7.11 Å². The Balaban J connectivity index is 2.07. The van der Waals surface area contributed by atoms with Crippen LogP contribution in [0, 0.1) is 0 Å². The fraction of sp³-hybridized carbons (Fsp3) is 0.714. The number of methoxy groups -OCH3 is 1. The Morgan fingerprint density at radius 1 is 1.26 bits per heavy atom. The van der Waals surface area contributed by atoms with Crippen LogP contribution in [0.25, 0.3) is 0 Å². The highest BCUT2D eigenvalue weighted by atomic mass is 16.5. The van der Waals surface area contributed by atoms with Crippen LogP contribution in [0.15, 0.2) is 6.07 Å². The quantitative estimate of drug-likeness (QED) is 0.793. The lowest BCUT2D eigenvalue weighted by Gasteiger charge is -2.15. The summed E-state index contributed by atoms with van der Waals surface area (Å²) in [6.45, 7) is 3.51. The molecule has 1 saturated carbocycles. The van der Waals surface area contributed by atoms with Crippen molar-refractivity contribution in [1.82, 2.24) is 9.97 Å². The van der Waals surface area contributed by atoms with E-state index in [0.717, 1.165) is 30.4 Å². The van der Waals surface area contributed by atoms with E-state index in [-0.39, 0.29) is 0 Å². The predicted octanol–water partition coefficient (Wildman–Crippen LogP) is 2.80. The summed E-state index contributed by atoms with van der Waals surface area (Å²) in [5, 5.41) is 6.82. The van der Waals surface area contributed by atoms with Crippen molar-refractivity contribution >= 4 is 11.6 Å². The van der Waals surface area contributed by atoms with Crippen molar-refractivity contribution in [2.45, 2.75) is 51.7 Å². The number of ether oxygens (including phenoxy) is 1. The van der Waals surface area contributed by atoms with E-state index in [1.165, 1.54) is 25.7 Å². The first-order chi connectivity index (χ1) is 9.31. The molecule has 0 amide bonds. The van der Waals surface area contributed by atoms with Gasteiger partial charge in [-0.3, -0.25) is 0 Å². The highest BCUT2D eigenvalue weighted by molar-refractivity contribution is 5.48. The first-order valence-electron chi connectivity index (χ1n) is 7.19. The first-order valence-corrected chi connectivity index (χ1v) is 7.19. The summed E-state index contributed by atoms with van der Waals surface area (Å²) in [4.78, 5) is 8.96. The molecule has 1 aromatic heterocycles. The van der Waals surface area contributed by atoms with Crippen molar-refractivity contribution in [1.29, 1.82) is 0 Å². The summed E-state index contributed by atoms with van der Waals surface area (Å²) in [6.07, 6.45) is 6.18. The average molecular weight is 264 g/mol. The van der Waals surface area contributed by atoms with E-state index >= 15 is 0 Å². The molecule has 0 spiro atoms. The van der Waals surface area contributed by atoms with Crippen LogP contribution in [-0.4, -0.2) is 29.7 Å². The molecule has 1 heterocycles. The third-order valence-electron chi connectivity index (χ3n) is 3.31. The topological polar surface area (TPSA) is 59.1 Å². The van der Waals surface area contributed by atoms with Crippen LogP contribution in [0.3, 0.4) is 0 Å². The Labute approximate surface area is 115 Å². The molecule has 0 atom stereocenters. The van der Waals surface area contributed by atoms with E-state index in [2.05, 4.69) is 27.5 Å². The molecule has 2 rings (SSSR count). The van der Waals surface area contributed by atoms with Gasteiger partial charge in [0.1, 0.15) is 18.2 Å². The SMILES string of the molecule is CCCNc1cc(NC2CCCC2)nc(COC)n1. The molecule has 2 N–H and O–H groups in total. The third-order valence-corrected chi connectivity index (χ3v) is 3.31. The van der Waals surface area contributed by atoms with Gasteiger partial charge in [-0.15, -0.1) is 0 Å². The second-order valence-corrected chi connectivity index (χ2v) is 5.04. The minimum atomic E-state index is 0.445. The Hall–Kier alpha value is -1.36.